The Labute approximate surface area is 191 Å². The molecule has 1 aromatic heterocycles. The molecule has 0 saturated heterocycles. The van der Waals surface area contributed by atoms with Crippen molar-refractivity contribution in [3.05, 3.63) is 59.4 Å². The Bertz CT molecular complexity index is 1100. The summed E-state index contributed by atoms with van der Waals surface area (Å²) in [5, 5.41) is 10.8. The first kappa shape index (κ1) is 22.5. The van der Waals surface area contributed by atoms with Gasteiger partial charge in [0, 0.05) is 45.1 Å². The number of Topliss-reactive ketones (excluding diaryl/α,β-unsaturated/α-hetero) is 1. The van der Waals surface area contributed by atoms with E-state index >= 15 is 0 Å². The zero-order chi connectivity index (χ0) is 22.9. The van der Waals surface area contributed by atoms with Gasteiger partial charge in [-0.05, 0) is 62.8 Å². The lowest BCUT2D eigenvalue weighted by atomic mass is 9.89. The lowest BCUT2D eigenvalue weighted by molar-refractivity contribution is -0.123. The second kappa shape index (κ2) is 9.07. The molecule has 32 heavy (non-hydrogen) atoms. The maximum Gasteiger partial charge on any atom is 0.136 e. The molecule has 0 aliphatic heterocycles. The van der Waals surface area contributed by atoms with Crippen molar-refractivity contribution in [3.8, 4) is 0 Å². The third-order valence-electron chi connectivity index (χ3n) is 6.86. The van der Waals surface area contributed by atoms with Crippen LogP contribution in [0.15, 0.2) is 42.5 Å². The molecule has 0 amide bonds. The first-order chi connectivity index (χ1) is 15.3. The molecule has 1 aliphatic carbocycles. The van der Waals surface area contributed by atoms with Gasteiger partial charge in [-0.15, -0.1) is 0 Å². The van der Waals surface area contributed by atoms with Gasteiger partial charge in [-0.1, -0.05) is 30.3 Å². The van der Waals surface area contributed by atoms with Crippen LogP contribution < -0.4 is 4.90 Å². The Balaban J connectivity index is 1.48. The number of hydrogen-bond acceptors (Lipinski definition) is 4. The SMILES string of the molecule is Cc1c(N(C)C)ccc2nc(CCCC(=O)CC(C)(O)c3ccccc3)n(C3CCC3)c12. The summed E-state index contributed by atoms with van der Waals surface area (Å²) < 4.78 is 2.45. The highest BCUT2D eigenvalue weighted by Gasteiger charge is 2.28. The molecular weight excluding hydrogens is 398 g/mol. The molecule has 1 unspecified atom stereocenters. The standard InChI is InChI=1S/C27H35N3O2/c1-19-24(29(3)4)17-16-23-26(19)30(21-12-8-13-21)25(28-23)15-9-14-22(31)18-27(2,32)20-10-6-5-7-11-20/h5-7,10-11,16-17,21,32H,8-9,12-15,18H2,1-4H3. The van der Waals surface area contributed by atoms with E-state index in [0.29, 0.717) is 12.5 Å². The molecule has 1 aliphatic rings. The Kier molecular flexibility index (Phi) is 6.38. The number of anilines is 1. The van der Waals surface area contributed by atoms with Gasteiger partial charge in [0.05, 0.1) is 16.6 Å². The molecule has 1 heterocycles. The van der Waals surface area contributed by atoms with Crippen LogP contribution in [0.25, 0.3) is 11.0 Å². The lowest BCUT2D eigenvalue weighted by Crippen LogP contribution is -2.25. The highest BCUT2D eigenvalue weighted by Crippen LogP contribution is 2.38. The number of fused-ring (bicyclic) bond motifs is 1. The zero-order valence-electron chi connectivity index (χ0n) is 19.8. The number of carbonyl (C=O) groups excluding carboxylic acids is 1. The number of imidazole rings is 1. The Hall–Kier alpha value is -2.66. The predicted molar refractivity (Wildman–Crippen MR) is 130 cm³/mol. The number of carbonyl (C=O) groups is 1. The van der Waals surface area contributed by atoms with E-state index < -0.39 is 5.60 Å². The van der Waals surface area contributed by atoms with Gasteiger partial charge < -0.3 is 14.6 Å². The van der Waals surface area contributed by atoms with Gasteiger partial charge in [0.2, 0.25) is 0 Å². The molecule has 1 atom stereocenters. The van der Waals surface area contributed by atoms with E-state index in [2.05, 4.69) is 42.6 Å². The number of aromatic nitrogens is 2. The van der Waals surface area contributed by atoms with Crippen LogP contribution in [0.5, 0.6) is 0 Å². The van der Waals surface area contributed by atoms with Crippen molar-refractivity contribution in [3.63, 3.8) is 0 Å². The molecule has 3 aromatic rings. The minimum Gasteiger partial charge on any atom is -0.385 e. The van der Waals surface area contributed by atoms with Gasteiger partial charge >= 0.3 is 0 Å². The number of benzene rings is 2. The third kappa shape index (κ3) is 4.44. The summed E-state index contributed by atoms with van der Waals surface area (Å²) >= 11 is 0. The summed E-state index contributed by atoms with van der Waals surface area (Å²) in [6.07, 6.45) is 5.79. The van der Waals surface area contributed by atoms with Crippen molar-refractivity contribution in [2.75, 3.05) is 19.0 Å². The van der Waals surface area contributed by atoms with Crippen LogP contribution in [0.4, 0.5) is 5.69 Å². The van der Waals surface area contributed by atoms with Crippen LogP contribution in [0.3, 0.4) is 0 Å². The monoisotopic (exact) mass is 433 g/mol. The van der Waals surface area contributed by atoms with Crippen LogP contribution in [0.2, 0.25) is 0 Å². The minimum absolute atomic E-state index is 0.0937. The molecule has 1 fully saturated rings. The predicted octanol–water partition coefficient (Wildman–Crippen LogP) is 5.33. The van der Waals surface area contributed by atoms with Crippen molar-refractivity contribution in [2.24, 2.45) is 0 Å². The van der Waals surface area contributed by atoms with E-state index in [1.807, 2.05) is 30.3 Å². The van der Waals surface area contributed by atoms with Crippen LogP contribution in [0, 0.1) is 6.92 Å². The number of nitrogens with zero attached hydrogens (tertiary/aromatic N) is 3. The first-order valence-electron chi connectivity index (χ1n) is 11.8. The van der Waals surface area contributed by atoms with Gasteiger partial charge in [-0.2, -0.15) is 0 Å². The molecule has 0 spiro atoms. The number of hydrogen-bond donors (Lipinski definition) is 1. The van der Waals surface area contributed by atoms with Crippen molar-refractivity contribution < 1.29 is 9.90 Å². The number of aliphatic hydroxyl groups is 1. The van der Waals surface area contributed by atoms with Crippen molar-refractivity contribution in [1.82, 2.24) is 9.55 Å². The smallest absolute Gasteiger partial charge is 0.136 e. The molecule has 1 saturated carbocycles. The highest BCUT2D eigenvalue weighted by atomic mass is 16.3. The van der Waals surface area contributed by atoms with Crippen LogP contribution >= 0.6 is 0 Å². The fourth-order valence-electron chi connectivity index (χ4n) is 4.91. The largest absolute Gasteiger partial charge is 0.385 e. The van der Waals surface area contributed by atoms with E-state index in [0.717, 1.165) is 29.7 Å². The molecule has 0 bridgehead atoms. The quantitative estimate of drug-likeness (QED) is 0.496. The summed E-state index contributed by atoms with van der Waals surface area (Å²) in [5.41, 5.74) is 4.45. The molecule has 5 heteroatoms. The van der Waals surface area contributed by atoms with Crippen molar-refractivity contribution in [1.29, 1.82) is 0 Å². The van der Waals surface area contributed by atoms with Gasteiger partial charge in [0.15, 0.2) is 0 Å². The fraction of sp³-hybridized carbons (Fsp3) is 0.481. The minimum atomic E-state index is -1.13. The normalized spacial score (nSPS) is 16.0. The van der Waals surface area contributed by atoms with Gasteiger partial charge in [0.1, 0.15) is 11.6 Å². The summed E-state index contributed by atoms with van der Waals surface area (Å²) in [6, 6.07) is 14.2. The van der Waals surface area contributed by atoms with Crippen molar-refractivity contribution in [2.45, 2.75) is 70.4 Å². The average Bonchev–Trinajstić information content (AvgIpc) is 3.06. The van der Waals surface area contributed by atoms with E-state index in [1.54, 1.807) is 6.92 Å². The third-order valence-corrected chi connectivity index (χ3v) is 6.86. The van der Waals surface area contributed by atoms with E-state index in [9.17, 15) is 9.90 Å². The Morgan fingerprint density at radius 2 is 1.91 bits per heavy atom. The second-order valence-corrected chi connectivity index (χ2v) is 9.66. The van der Waals surface area contributed by atoms with Gasteiger partial charge in [-0.3, -0.25) is 4.79 Å². The molecule has 5 nitrogen and oxygen atoms in total. The van der Waals surface area contributed by atoms with E-state index in [1.165, 1.54) is 36.0 Å². The molecule has 2 aromatic carbocycles. The van der Waals surface area contributed by atoms with Gasteiger partial charge in [-0.25, -0.2) is 4.98 Å². The molecule has 4 rings (SSSR count). The summed E-state index contributed by atoms with van der Waals surface area (Å²) in [6.45, 7) is 3.91. The first-order valence-corrected chi connectivity index (χ1v) is 11.8. The van der Waals surface area contributed by atoms with Gasteiger partial charge in [0.25, 0.3) is 0 Å². The summed E-state index contributed by atoms with van der Waals surface area (Å²) in [5.74, 6) is 1.18. The molecule has 1 N–H and O–H groups in total. The van der Waals surface area contributed by atoms with Crippen molar-refractivity contribution >= 4 is 22.5 Å². The number of ketones is 1. The van der Waals surface area contributed by atoms with Crippen LogP contribution in [-0.4, -0.2) is 34.5 Å². The summed E-state index contributed by atoms with van der Waals surface area (Å²) in [7, 11) is 4.16. The lowest BCUT2D eigenvalue weighted by Gasteiger charge is -2.30. The number of aryl methyl sites for hydroxylation is 2. The maximum atomic E-state index is 12.7. The van der Waals surface area contributed by atoms with E-state index in [4.69, 9.17) is 4.98 Å². The Morgan fingerprint density at radius 1 is 1.19 bits per heavy atom. The van der Waals surface area contributed by atoms with E-state index in [-0.39, 0.29) is 12.2 Å². The fourth-order valence-corrected chi connectivity index (χ4v) is 4.91. The highest BCUT2D eigenvalue weighted by molar-refractivity contribution is 5.85. The topological polar surface area (TPSA) is 58.4 Å². The second-order valence-electron chi connectivity index (χ2n) is 9.66. The van der Waals surface area contributed by atoms with Crippen LogP contribution in [-0.2, 0) is 16.8 Å². The maximum absolute atomic E-state index is 12.7. The molecule has 0 radical (unpaired) electrons. The molecule has 170 valence electrons. The molecular formula is C27H35N3O2. The average molecular weight is 434 g/mol. The Morgan fingerprint density at radius 3 is 2.53 bits per heavy atom. The number of rotatable bonds is 9. The van der Waals surface area contributed by atoms with Crippen LogP contribution in [0.1, 0.15) is 68.4 Å². The zero-order valence-corrected chi connectivity index (χ0v) is 19.8. The summed E-state index contributed by atoms with van der Waals surface area (Å²) in [4.78, 5) is 19.8.